The summed E-state index contributed by atoms with van der Waals surface area (Å²) in [4.78, 5) is 2.54. The second-order valence-corrected chi connectivity index (χ2v) is 6.11. The highest BCUT2D eigenvalue weighted by Gasteiger charge is 2.35. The van der Waals surface area contributed by atoms with Crippen LogP contribution in [0.25, 0.3) is 0 Å². The van der Waals surface area contributed by atoms with Gasteiger partial charge in [-0.15, -0.1) is 0 Å². The molecule has 0 spiro atoms. The molecule has 0 amide bonds. The lowest BCUT2D eigenvalue weighted by Gasteiger charge is -2.47. The van der Waals surface area contributed by atoms with Crippen molar-refractivity contribution >= 4 is 21.6 Å². The minimum absolute atomic E-state index is 0.265. The van der Waals surface area contributed by atoms with Crippen LogP contribution in [0.5, 0.6) is 0 Å². The molecule has 0 aliphatic carbocycles. The Bertz CT molecular complexity index is 373. The van der Waals surface area contributed by atoms with E-state index in [1.54, 1.807) is 0 Å². The van der Waals surface area contributed by atoms with Crippen LogP contribution in [0.4, 0.5) is 5.69 Å². The lowest BCUT2D eigenvalue weighted by Crippen LogP contribution is -2.49. The Balaban J connectivity index is 2.45. The van der Waals surface area contributed by atoms with Crippen molar-refractivity contribution in [1.29, 1.82) is 0 Å². The van der Waals surface area contributed by atoms with Crippen molar-refractivity contribution in [3.8, 4) is 0 Å². The van der Waals surface area contributed by atoms with Gasteiger partial charge in [0, 0.05) is 23.1 Å². The first-order chi connectivity index (χ1) is 7.56. The van der Waals surface area contributed by atoms with Gasteiger partial charge in [-0.1, -0.05) is 41.1 Å². The largest absolute Gasteiger partial charge is 0.365 e. The van der Waals surface area contributed by atoms with Gasteiger partial charge in [-0.05, 0) is 37.8 Å². The molecule has 16 heavy (non-hydrogen) atoms. The van der Waals surface area contributed by atoms with Gasteiger partial charge in [0.15, 0.2) is 0 Å². The van der Waals surface area contributed by atoms with Crippen LogP contribution >= 0.6 is 15.9 Å². The second-order valence-electron chi connectivity index (χ2n) is 5.32. The van der Waals surface area contributed by atoms with Gasteiger partial charge < -0.3 is 4.90 Å². The fraction of sp³-hybridized carbons (Fsp3) is 0.571. The summed E-state index contributed by atoms with van der Waals surface area (Å²) in [6.07, 6.45) is 1.23. The van der Waals surface area contributed by atoms with E-state index in [2.05, 4.69) is 65.9 Å². The zero-order valence-corrected chi connectivity index (χ0v) is 11.9. The normalized spacial score (nSPS) is 23.0. The molecular weight excluding hydrogens is 262 g/mol. The first-order valence-corrected chi connectivity index (χ1v) is 7.11. The highest BCUT2D eigenvalue weighted by molar-refractivity contribution is 9.09. The molecule has 1 unspecified atom stereocenters. The van der Waals surface area contributed by atoms with Gasteiger partial charge in [0.2, 0.25) is 0 Å². The number of nitrogens with zero attached hydrogens (tertiary/aromatic N) is 1. The zero-order chi connectivity index (χ0) is 11.8. The van der Waals surface area contributed by atoms with E-state index in [0.717, 1.165) is 11.9 Å². The highest BCUT2D eigenvalue weighted by Crippen LogP contribution is 2.42. The first-order valence-electron chi connectivity index (χ1n) is 5.99. The van der Waals surface area contributed by atoms with E-state index in [1.807, 2.05) is 0 Å². The minimum atomic E-state index is 0.265. The lowest BCUT2D eigenvalue weighted by molar-refractivity contribution is 0.382. The molecule has 1 aromatic carbocycles. The highest BCUT2D eigenvalue weighted by atomic mass is 79.9. The van der Waals surface area contributed by atoms with Crippen LogP contribution in [0, 0.1) is 0 Å². The molecule has 1 heterocycles. The van der Waals surface area contributed by atoms with E-state index >= 15 is 0 Å². The third-order valence-electron chi connectivity index (χ3n) is 3.60. The smallest absolute Gasteiger partial charge is 0.0406 e. The zero-order valence-electron chi connectivity index (χ0n) is 10.3. The number of halogens is 1. The molecule has 0 saturated heterocycles. The average molecular weight is 282 g/mol. The molecule has 1 atom stereocenters. The van der Waals surface area contributed by atoms with Crippen LogP contribution in [-0.4, -0.2) is 17.4 Å². The molecule has 1 aliphatic rings. The monoisotopic (exact) mass is 281 g/mol. The predicted molar refractivity (Wildman–Crippen MR) is 74.7 cm³/mol. The van der Waals surface area contributed by atoms with Gasteiger partial charge in [0.05, 0.1) is 0 Å². The second kappa shape index (κ2) is 4.40. The number of rotatable bonds is 2. The van der Waals surface area contributed by atoms with Gasteiger partial charge in [-0.25, -0.2) is 0 Å². The van der Waals surface area contributed by atoms with Crippen LogP contribution in [0.1, 0.15) is 38.7 Å². The summed E-state index contributed by atoms with van der Waals surface area (Å²) in [5.41, 5.74) is 3.19. The molecule has 1 aliphatic heterocycles. The Morgan fingerprint density at radius 1 is 1.38 bits per heavy atom. The molecule has 0 radical (unpaired) electrons. The van der Waals surface area contributed by atoms with Gasteiger partial charge in [-0.3, -0.25) is 0 Å². The van der Waals surface area contributed by atoms with E-state index in [-0.39, 0.29) is 5.54 Å². The molecule has 88 valence electrons. The lowest BCUT2D eigenvalue weighted by atomic mass is 9.80. The SMILES string of the molecule is CC1CC(C)(C)N(CCBr)c2ccccc21. The maximum absolute atomic E-state index is 3.56. The van der Waals surface area contributed by atoms with E-state index in [0.29, 0.717) is 5.92 Å². The number of benzene rings is 1. The van der Waals surface area contributed by atoms with Crippen molar-refractivity contribution in [2.45, 2.75) is 38.6 Å². The van der Waals surface area contributed by atoms with E-state index in [9.17, 15) is 0 Å². The Hall–Kier alpha value is -0.500. The topological polar surface area (TPSA) is 3.24 Å². The van der Waals surface area contributed by atoms with E-state index < -0.39 is 0 Å². The van der Waals surface area contributed by atoms with Crippen molar-refractivity contribution in [3.05, 3.63) is 29.8 Å². The summed E-state index contributed by atoms with van der Waals surface area (Å²) >= 11 is 3.56. The summed E-state index contributed by atoms with van der Waals surface area (Å²) in [7, 11) is 0. The molecule has 0 fully saturated rings. The fourth-order valence-corrected chi connectivity index (χ4v) is 3.31. The average Bonchev–Trinajstić information content (AvgIpc) is 2.23. The molecule has 2 heteroatoms. The molecular formula is C14H20BrN. The van der Waals surface area contributed by atoms with Crippen molar-refractivity contribution in [1.82, 2.24) is 0 Å². The fourth-order valence-electron chi connectivity index (χ4n) is 2.95. The van der Waals surface area contributed by atoms with Crippen LogP contribution in [0.2, 0.25) is 0 Å². The first kappa shape index (κ1) is 12.0. The van der Waals surface area contributed by atoms with Crippen molar-refractivity contribution in [3.63, 3.8) is 0 Å². The molecule has 0 N–H and O–H groups in total. The summed E-state index contributed by atoms with van der Waals surface area (Å²) in [5, 5.41) is 1.03. The van der Waals surface area contributed by atoms with Crippen molar-refractivity contribution < 1.29 is 0 Å². The number of para-hydroxylation sites is 1. The Morgan fingerprint density at radius 2 is 2.06 bits per heavy atom. The van der Waals surface area contributed by atoms with E-state index in [4.69, 9.17) is 0 Å². The summed E-state index contributed by atoms with van der Waals surface area (Å²) in [6, 6.07) is 8.83. The molecule has 2 rings (SSSR count). The van der Waals surface area contributed by atoms with Gasteiger partial charge in [-0.2, -0.15) is 0 Å². The summed E-state index contributed by atoms with van der Waals surface area (Å²) < 4.78 is 0. The summed E-state index contributed by atoms with van der Waals surface area (Å²) in [5.74, 6) is 0.665. The van der Waals surface area contributed by atoms with Gasteiger partial charge >= 0.3 is 0 Å². The maximum Gasteiger partial charge on any atom is 0.0406 e. The van der Waals surface area contributed by atoms with E-state index in [1.165, 1.54) is 17.7 Å². The van der Waals surface area contributed by atoms with Gasteiger partial charge in [0.25, 0.3) is 0 Å². The third-order valence-corrected chi connectivity index (χ3v) is 3.96. The number of fused-ring (bicyclic) bond motifs is 1. The minimum Gasteiger partial charge on any atom is -0.365 e. The number of alkyl halides is 1. The Labute approximate surface area is 107 Å². The summed E-state index contributed by atoms with van der Waals surface area (Å²) in [6.45, 7) is 8.12. The van der Waals surface area contributed by atoms with Crippen molar-refractivity contribution in [2.24, 2.45) is 0 Å². The number of hydrogen-bond donors (Lipinski definition) is 0. The molecule has 1 aromatic rings. The Kier molecular flexibility index (Phi) is 3.29. The Morgan fingerprint density at radius 3 is 2.75 bits per heavy atom. The molecule has 0 saturated carbocycles. The maximum atomic E-state index is 3.56. The van der Waals surface area contributed by atoms with Crippen LogP contribution in [-0.2, 0) is 0 Å². The van der Waals surface area contributed by atoms with Crippen LogP contribution in [0.15, 0.2) is 24.3 Å². The molecule has 0 bridgehead atoms. The molecule has 0 aromatic heterocycles. The van der Waals surface area contributed by atoms with Crippen LogP contribution < -0.4 is 4.90 Å². The number of anilines is 1. The van der Waals surface area contributed by atoms with Crippen molar-refractivity contribution in [2.75, 3.05) is 16.8 Å². The van der Waals surface area contributed by atoms with Crippen LogP contribution in [0.3, 0.4) is 0 Å². The standard InChI is InChI=1S/C14H20BrN/c1-11-10-14(2,3)16(9-8-15)13-7-5-4-6-12(11)13/h4-7,11H,8-10H2,1-3H3. The molecule has 1 nitrogen and oxygen atoms in total. The quantitative estimate of drug-likeness (QED) is 0.736. The third kappa shape index (κ3) is 2.00. The number of hydrogen-bond acceptors (Lipinski definition) is 1. The predicted octanol–water partition coefficient (Wildman–Crippen LogP) is 4.17. The van der Waals surface area contributed by atoms with Gasteiger partial charge in [0.1, 0.15) is 0 Å².